The molecule has 0 aromatic heterocycles. The number of nitrogens with zero attached hydrogens (tertiary/aromatic N) is 1. The lowest BCUT2D eigenvalue weighted by Gasteiger charge is -2.29. The van der Waals surface area contributed by atoms with Crippen LogP contribution in [0.5, 0.6) is 0 Å². The Labute approximate surface area is 224 Å². The van der Waals surface area contributed by atoms with Crippen LogP contribution in [0.2, 0.25) is 0 Å². The van der Waals surface area contributed by atoms with Crippen molar-refractivity contribution in [2.75, 3.05) is 20.1 Å². The predicted molar refractivity (Wildman–Crippen MR) is 159 cm³/mol. The molecule has 3 aromatic carbocycles. The fourth-order valence-electron chi connectivity index (χ4n) is 5.95. The van der Waals surface area contributed by atoms with Gasteiger partial charge in [0.15, 0.2) is 0 Å². The van der Waals surface area contributed by atoms with Gasteiger partial charge in [0.2, 0.25) is 0 Å². The van der Waals surface area contributed by atoms with E-state index in [4.69, 9.17) is 0 Å². The maximum Gasteiger partial charge on any atom is -0.00173 e. The second-order valence-corrected chi connectivity index (χ2v) is 11.3. The Kier molecular flexibility index (Phi) is 8.21. The molecule has 1 nitrogen and oxygen atoms in total. The summed E-state index contributed by atoms with van der Waals surface area (Å²) in [6.07, 6.45) is 11.4. The van der Waals surface area contributed by atoms with Gasteiger partial charge in [-0.15, -0.1) is 0 Å². The van der Waals surface area contributed by atoms with Crippen molar-refractivity contribution in [1.82, 2.24) is 4.90 Å². The first kappa shape index (κ1) is 25.5. The van der Waals surface area contributed by atoms with Gasteiger partial charge in [0.05, 0.1) is 0 Å². The molecule has 0 unspecified atom stereocenters. The van der Waals surface area contributed by atoms with Crippen molar-refractivity contribution in [3.8, 4) is 0 Å². The fourth-order valence-corrected chi connectivity index (χ4v) is 5.95. The molecular formula is C36H41N. The second kappa shape index (κ2) is 11.9. The van der Waals surface area contributed by atoms with Crippen molar-refractivity contribution in [2.45, 2.75) is 51.4 Å². The summed E-state index contributed by atoms with van der Waals surface area (Å²) in [6, 6.07) is 29.2. The van der Waals surface area contributed by atoms with Gasteiger partial charge in [0.25, 0.3) is 0 Å². The van der Waals surface area contributed by atoms with E-state index in [1.807, 2.05) is 0 Å². The molecule has 1 heteroatoms. The highest BCUT2D eigenvalue weighted by Crippen LogP contribution is 2.35. The molecule has 5 rings (SSSR count). The van der Waals surface area contributed by atoms with E-state index in [1.54, 1.807) is 0 Å². The summed E-state index contributed by atoms with van der Waals surface area (Å²) >= 11 is 0. The molecule has 2 aliphatic rings. The minimum absolute atomic E-state index is 0.484. The molecule has 0 saturated carbocycles. The molecule has 3 aromatic rings. The van der Waals surface area contributed by atoms with E-state index >= 15 is 0 Å². The van der Waals surface area contributed by atoms with Gasteiger partial charge in [0, 0.05) is 0 Å². The number of hydrogen-bond acceptors (Lipinski definition) is 1. The summed E-state index contributed by atoms with van der Waals surface area (Å²) in [6.45, 7) is 9.23. The van der Waals surface area contributed by atoms with Crippen molar-refractivity contribution in [3.63, 3.8) is 0 Å². The molecular weight excluding hydrogens is 446 g/mol. The van der Waals surface area contributed by atoms with E-state index in [2.05, 4.69) is 116 Å². The Morgan fingerprint density at radius 2 is 1.57 bits per heavy atom. The molecule has 1 aliphatic carbocycles. The third-order valence-corrected chi connectivity index (χ3v) is 8.30. The van der Waals surface area contributed by atoms with Crippen LogP contribution >= 0.6 is 0 Å². The van der Waals surface area contributed by atoms with E-state index in [0.717, 1.165) is 25.2 Å². The molecule has 1 aliphatic heterocycles. The van der Waals surface area contributed by atoms with Crippen LogP contribution in [0.4, 0.5) is 0 Å². The highest BCUT2D eigenvalue weighted by atomic mass is 15.1. The van der Waals surface area contributed by atoms with Crippen LogP contribution in [0.3, 0.4) is 0 Å². The van der Waals surface area contributed by atoms with Crippen LogP contribution in [0.15, 0.2) is 109 Å². The Hall–Kier alpha value is -3.16. The normalized spacial score (nSPS) is 17.4. The first-order valence-corrected chi connectivity index (χ1v) is 14.0. The quantitative estimate of drug-likeness (QED) is 0.292. The molecule has 1 fully saturated rings. The number of piperidine rings is 1. The van der Waals surface area contributed by atoms with Crippen LogP contribution in [0.1, 0.15) is 66.3 Å². The zero-order chi connectivity index (χ0) is 25.6. The average molecular weight is 488 g/mol. The third-order valence-electron chi connectivity index (χ3n) is 8.30. The largest absolute Gasteiger partial charge is 0.306 e. The molecule has 0 radical (unpaired) electrons. The van der Waals surface area contributed by atoms with Crippen LogP contribution in [0, 0.1) is 5.92 Å². The number of benzene rings is 3. The van der Waals surface area contributed by atoms with Gasteiger partial charge in [0.1, 0.15) is 0 Å². The third kappa shape index (κ3) is 6.79. The standard InChI is InChI=1S/C36H41N/c1-27(33-12-5-4-6-13-33)21-28(2)34-15-16-36(26-34)35-14-8-11-32(25-35)24-31-10-7-9-30(23-31)22-29-17-19-37(3)20-18-29/h4-16,23,25,27,29H,2,17-22,24,26H2,1,3H3/t27-/m0/s1. The predicted octanol–water partition coefficient (Wildman–Crippen LogP) is 8.63. The topological polar surface area (TPSA) is 3.24 Å². The smallest absolute Gasteiger partial charge is 0.00173 e. The molecule has 0 N–H and O–H groups in total. The second-order valence-electron chi connectivity index (χ2n) is 11.3. The lowest BCUT2D eigenvalue weighted by Crippen LogP contribution is -2.30. The van der Waals surface area contributed by atoms with Gasteiger partial charge in [-0.1, -0.05) is 110 Å². The molecule has 190 valence electrons. The monoisotopic (exact) mass is 487 g/mol. The summed E-state index contributed by atoms with van der Waals surface area (Å²) in [5.41, 5.74) is 11.1. The Balaban J connectivity index is 1.18. The van der Waals surface area contributed by atoms with Crippen LogP contribution < -0.4 is 0 Å². The van der Waals surface area contributed by atoms with E-state index in [1.165, 1.54) is 76.9 Å². The SMILES string of the molecule is C=C(C[C@H](C)c1ccccc1)C1=CC=C(c2cccc(Cc3cccc(CC4CCN(C)CC4)c3)c2)C1. The summed E-state index contributed by atoms with van der Waals surface area (Å²) in [7, 11) is 2.24. The minimum atomic E-state index is 0.484. The number of likely N-dealkylation sites (tertiary alicyclic amines) is 1. The van der Waals surface area contributed by atoms with Crippen molar-refractivity contribution in [1.29, 1.82) is 0 Å². The number of rotatable bonds is 9. The maximum atomic E-state index is 4.45. The van der Waals surface area contributed by atoms with Crippen LogP contribution in [-0.2, 0) is 12.8 Å². The van der Waals surface area contributed by atoms with E-state index in [9.17, 15) is 0 Å². The first-order valence-electron chi connectivity index (χ1n) is 14.0. The highest BCUT2D eigenvalue weighted by Gasteiger charge is 2.18. The first-order chi connectivity index (χ1) is 18.0. The summed E-state index contributed by atoms with van der Waals surface area (Å²) in [5.74, 6) is 1.31. The fraction of sp³-hybridized carbons (Fsp3) is 0.333. The zero-order valence-electron chi connectivity index (χ0n) is 22.6. The molecule has 37 heavy (non-hydrogen) atoms. The van der Waals surface area contributed by atoms with E-state index < -0.39 is 0 Å². The van der Waals surface area contributed by atoms with Gasteiger partial charge < -0.3 is 4.90 Å². The van der Waals surface area contributed by atoms with Gasteiger partial charge in [-0.05, 0) is 109 Å². The molecule has 1 atom stereocenters. The van der Waals surface area contributed by atoms with Crippen LogP contribution in [-0.4, -0.2) is 25.0 Å². The Bertz CT molecular complexity index is 1270. The molecule has 0 spiro atoms. The molecule has 1 heterocycles. The summed E-state index contributed by atoms with van der Waals surface area (Å²) in [4.78, 5) is 2.46. The van der Waals surface area contributed by atoms with Crippen molar-refractivity contribution in [2.24, 2.45) is 5.92 Å². The van der Waals surface area contributed by atoms with Crippen molar-refractivity contribution >= 4 is 5.57 Å². The highest BCUT2D eigenvalue weighted by molar-refractivity contribution is 5.74. The average Bonchev–Trinajstić information content (AvgIpc) is 3.42. The van der Waals surface area contributed by atoms with Crippen LogP contribution in [0.25, 0.3) is 5.57 Å². The molecule has 0 amide bonds. The number of allylic oxidation sites excluding steroid dienone is 5. The zero-order valence-corrected chi connectivity index (χ0v) is 22.6. The Morgan fingerprint density at radius 3 is 2.35 bits per heavy atom. The Morgan fingerprint density at radius 1 is 0.865 bits per heavy atom. The van der Waals surface area contributed by atoms with E-state index in [0.29, 0.717) is 5.92 Å². The van der Waals surface area contributed by atoms with Gasteiger partial charge in [-0.2, -0.15) is 0 Å². The maximum absolute atomic E-state index is 4.45. The molecule has 0 bridgehead atoms. The van der Waals surface area contributed by atoms with Gasteiger partial charge in [-0.25, -0.2) is 0 Å². The lowest BCUT2D eigenvalue weighted by atomic mass is 9.89. The number of hydrogen-bond donors (Lipinski definition) is 0. The van der Waals surface area contributed by atoms with Crippen molar-refractivity contribution in [3.05, 3.63) is 137 Å². The van der Waals surface area contributed by atoms with E-state index in [-0.39, 0.29) is 0 Å². The minimum Gasteiger partial charge on any atom is -0.306 e. The summed E-state index contributed by atoms with van der Waals surface area (Å²) in [5, 5.41) is 0. The lowest BCUT2D eigenvalue weighted by molar-refractivity contribution is 0.219. The van der Waals surface area contributed by atoms with Gasteiger partial charge >= 0.3 is 0 Å². The summed E-state index contributed by atoms with van der Waals surface area (Å²) < 4.78 is 0. The van der Waals surface area contributed by atoms with Crippen molar-refractivity contribution < 1.29 is 0 Å². The molecule has 1 saturated heterocycles. The van der Waals surface area contributed by atoms with Gasteiger partial charge in [-0.3, -0.25) is 0 Å².